The van der Waals surface area contributed by atoms with Gasteiger partial charge in [-0.05, 0) is 30.9 Å². The van der Waals surface area contributed by atoms with Crippen LogP contribution in [0.15, 0.2) is 30.6 Å². The fraction of sp³-hybridized carbons (Fsp3) is 0.375. The van der Waals surface area contributed by atoms with Crippen LogP contribution in [0.1, 0.15) is 34.8 Å². The van der Waals surface area contributed by atoms with E-state index in [4.69, 9.17) is 0 Å². The molecule has 1 amide bonds. The lowest BCUT2D eigenvalue weighted by Crippen LogP contribution is -2.41. The van der Waals surface area contributed by atoms with Crippen LogP contribution in [0.25, 0.3) is 0 Å². The van der Waals surface area contributed by atoms with Crippen molar-refractivity contribution in [1.82, 2.24) is 15.1 Å². The number of carbonyl (C=O) groups is 1. The minimum absolute atomic E-state index is 0.0571. The van der Waals surface area contributed by atoms with E-state index in [1.807, 2.05) is 0 Å². The molecule has 1 aliphatic carbocycles. The lowest BCUT2D eigenvalue weighted by Gasteiger charge is -2.37. The second kappa shape index (κ2) is 6.08. The van der Waals surface area contributed by atoms with Crippen LogP contribution in [0.4, 0.5) is 8.78 Å². The van der Waals surface area contributed by atoms with Gasteiger partial charge in [0, 0.05) is 24.9 Å². The number of aryl methyl sites for hydroxylation is 1. The number of aliphatic hydroxyl groups excluding tert-OH is 1. The molecule has 0 bridgehead atoms. The van der Waals surface area contributed by atoms with Crippen molar-refractivity contribution in [2.24, 2.45) is 13.0 Å². The number of nitrogens with zero attached hydrogens (tertiary/aromatic N) is 2. The molecule has 1 atom stereocenters. The Hall–Kier alpha value is -2.28. The van der Waals surface area contributed by atoms with Gasteiger partial charge >= 0.3 is 0 Å². The number of amides is 1. The first-order chi connectivity index (χ1) is 10.9. The Balaban J connectivity index is 1.81. The largest absolute Gasteiger partial charge is 0.393 e. The van der Waals surface area contributed by atoms with Crippen molar-refractivity contribution in [2.75, 3.05) is 0 Å². The van der Waals surface area contributed by atoms with Crippen molar-refractivity contribution < 1.29 is 18.7 Å². The fourth-order valence-electron chi connectivity index (χ4n) is 2.87. The van der Waals surface area contributed by atoms with Gasteiger partial charge in [0.25, 0.3) is 5.91 Å². The van der Waals surface area contributed by atoms with Gasteiger partial charge < -0.3 is 10.4 Å². The molecule has 0 aliphatic heterocycles. The minimum Gasteiger partial charge on any atom is -0.393 e. The Labute approximate surface area is 131 Å². The van der Waals surface area contributed by atoms with Crippen molar-refractivity contribution in [3.8, 4) is 0 Å². The van der Waals surface area contributed by atoms with Gasteiger partial charge in [0.1, 0.15) is 11.6 Å². The van der Waals surface area contributed by atoms with Crippen LogP contribution in [-0.2, 0) is 7.05 Å². The molecule has 5 nitrogen and oxygen atoms in total. The molecule has 23 heavy (non-hydrogen) atoms. The summed E-state index contributed by atoms with van der Waals surface area (Å²) in [4.78, 5) is 12.3. The maximum atomic E-state index is 13.8. The highest BCUT2D eigenvalue weighted by Gasteiger charge is 2.36. The molecule has 1 aromatic carbocycles. The van der Waals surface area contributed by atoms with Gasteiger partial charge in [-0.3, -0.25) is 9.48 Å². The Kier molecular flexibility index (Phi) is 4.12. The number of hydrogen-bond donors (Lipinski definition) is 2. The summed E-state index contributed by atoms with van der Waals surface area (Å²) < 4.78 is 28.3. The van der Waals surface area contributed by atoms with Crippen LogP contribution in [0.2, 0.25) is 0 Å². The maximum absolute atomic E-state index is 13.8. The van der Waals surface area contributed by atoms with Gasteiger partial charge in [0.15, 0.2) is 0 Å². The average Bonchev–Trinajstić information content (AvgIpc) is 2.88. The number of carbonyl (C=O) groups excluding carboxylic acids is 1. The first-order valence-electron chi connectivity index (χ1n) is 7.36. The smallest absolute Gasteiger partial charge is 0.254 e. The molecular weight excluding hydrogens is 304 g/mol. The summed E-state index contributed by atoms with van der Waals surface area (Å²) in [5, 5.41) is 16.4. The molecule has 7 heteroatoms. The molecule has 1 fully saturated rings. The number of nitrogens with one attached hydrogen (secondary N) is 1. The Morgan fingerprint density at radius 2 is 2.17 bits per heavy atom. The summed E-state index contributed by atoms with van der Waals surface area (Å²) in [5.41, 5.74) is 0.584. The first-order valence-corrected chi connectivity index (χ1v) is 7.36. The summed E-state index contributed by atoms with van der Waals surface area (Å²) in [6.07, 6.45) is 4.16. The molecule has 1 unspecified atom stereocenters. The van der Waals surface area contributed by atoms with E-state index in [0.29, 0.717) is 18.9 Å². The zero-order valence-electron chi connectivity index (χ0n) is 12.5. The third kappa shape index (κ3) is 3.24. The molecule has 1 aromatic heterocycles. The highest BCUT2D eigenvalue weighted by molar-refractivity contribution is 5.94. The van der Waals surface area contributed by atoms with Crippen LogP contribution in [0.3, 0.4) is 0 Å². The summed E-state index contributed by atoms with van der Waals surface area (Å²) in [6, 6.07) is 2.48. The summed E-state index contributed by atoms with van der Waals surface area (Å²) in [5.74, 6) is -2.19. The minimum atomic E-state index is -0.902. The third-order valence-electron chi connectivity index (χ3n) is 4.17. The molecule has 1 saturated carbocycles. The zero-order valence-corrected chi connectivity index (χ0v) is 12.5. The highest BCUT2D eigenvalue weighted by Crippen LogP contribution is 2.38. The van der Waals surface area contributed by atoms with E-state index < -0.39 is 17.5 Å². The van der Waals surface area contributed by atoms with E-state index in [1.54, 1.807) is 24.1 Å². The first kappa shape index (κ1) is 15.6. The number of rotatable bonds is 4. The van der Waals surface area contributed by atoms with Gasteiger partial charge in [-0.25, -0.2) is 8.78 Å². The van der Waals surface area contributed by atoms with E-state index in [0.717, 1.165) is 17.7 Å². The Bertz CT molecular complexity index is 726. The van der Waals surface area contributed by atoms with Gasteiger partial charge in [0.05, 0.1) is 23.9 Å². The predicted octanol–water partition coefficient (Wildman–Crippen LogP) is 1.94. The van der Waals surface area contributed by atoms with Crippen LogP contribution in [0, 0.1) is 17.6 Å². The predicted molar refractivity (Wildman–Crippen MR) is 78.5 cm³/mol. The average molecular weight is 321 g/mol. The number of benzene rings is 1. The molecule has 122 valence electrons. The van der Waals surface area contributed by atoms with Gasteiger partial charge in [-0.2, -0.15) is 5.10 Å². The number of aliphatic hydroxyl groups is 1. The summed E-state index contributed by atoms with van der Waals surface area (Å²) >= 11 is 0. The van der Waals surface area contributed by atoms with Crippen LogP contribution >= 0.6 is 0 Å². The van der Waals surface area contributed by atoms with E-state index in [-0.39, 0.29) is 23.6 Å². The zero-order chi connectivity index (χ0) is 16.6. The van der Waals surface area contributed by atoms with E-state index in [9.17, 15) is 18.7 Å². The molecule has 0 radical (unpaired) electrons. The fourth-order valence-corrected chi connectivity index (χ4v) is 2.87. The van der Waals surface area contributed by atoms with Gasteiger partial charge in [-0.15, -0.1) is 0 Å². The van der Waals surface area contributed by atoms with Gasteiger partial charge in [0.2, 0.25) is 0 Å². The molecule has 0 saturated heterocycles. The molecule has 0 spiro atoms. The van der Waals surface area contributed by atoms with E-state index in [2.05, 4.69) is 10.4 Å². The summed E-state index contributed by atoms with van der Waals surface area (Å²) in [6.45, 7) is 0. The Morgan fingerprint density at radius 3 is 2.74 bits per heavy atom. The third-order valence-corrected chi connectivity index (χ3v) is 4.17. The van der Waals surface area contributed by atoms with Crippen LogP contribution in [-0.4, -0.2) is 26.9 Å². The number of hydrogen-bond acceptors (Lipinski definition) is 3. The van der Waals surface area contributed by atoms with Crippen molar-refractivity contribution in [1.29, 1.82) is 0 Å². The molecular formula is C16H17F2N3O2. The normalized spacial score (nSPS) is 21.6. The quantitative estimate of drug-likeness (QED) is 0.904. The van der Waals surface area contributed by atoms with E-state index >= 15 is 0 Å². The lowest BCUT2D eigenvalue weighted by atomic mass is 9.75. The highest BCUT2D eigenvalue weighted by atomic mass is 19.1. The van der Waals surface area contributed by atoms with Crippen molar-refractivity contribution in [3.05, 3.63) is 53.4 Å². The maximum Gasteiger partial charge on any atom is 0.254 e. The number of aromatic nitrogens is 2. The second-order valence-electron chi connectivity index (χ2n) is 5.91. The number of halogens is 2. The molecule has 3 rings (SSSR count). The summed E-state index contributed by atoms with van der Waals surface area (Å²) in [7, 11) is 1.76. The van der Waals surface area contributed by atoms with Gasteiger partial charge in [-0.1, -0.05) is 0 Å². The van der Waals surface area contributed by atoms with Crippen molar-refractivity contribution in [2.45, 2.75) is 25.0 Å². The van der Waals surface area contributed by atoms with Crippen molar-refractivity contribution in [3.63, 3.8) is 0 Å². The van der Waals surface area contributed by atoms with Crippen LogP contribution in [0.5, 0.6) is 0 Å². The lowest BCUT2D eigenvalue weighted by molar-refractivity contribution is 0.0234. The molecule has 1 heterocycles. The SMILES string of the molecule is Cn1cc(C(NC(=O)c2ccc(F)cc2F)C2CC(O)C2)cn1. The second-order valence-corrected chi connectivity index (χ2v) is 5.91. The Morgan fingerprint density at radius 1 is 1.43 bits per heavy atom. The van der Waals surface area contributed by atoms with Crippen molar-refractivity contribution >= 4 is 5.91 Å². The van der Waals surface area contributed by atoms with Crippen LogP contribution < -0.4 is 5.32 Å². The molecule has 1 aliphatic rings. The topological polar surface area (TPSA) is 67.2 Å². The standard InChI is InChI=1S/C16H17F2N3O2/c1-21-8-10(7-19-21)15(9-4-12(22)5-9)20-16(23)13-3-2-11(17)6-14(13)18/h2-3,6-9,12,15,22H,4-5H2,1H3,(H,20,23). The molecule has 2 aromatic rings. The monoisotopic (exact) mass is 321 g/mol. The van der Waals surface area contributed by atoms with E-state index in [1.165, 1.54) is 0 Å². The molecule has 2 N–H and O–H groups in total.